The number of methoxy groups -OCH3 is 1. The van der Waals surface area contributed by atoms with Crippen molar-refractivity contribution in [1.82, 2.24) is 15.6 Å². The maximum atomic E-state index is 12.5. The van der Waals surface area contributed by atoms with E-state index in [-0.39, 0.29) is 36.1 Å². The molecule has 2 N–H and O–H groups in total. The highest BCUT2D eigenvalue weighted by atomic mass is 35.5. The van der Waals surface area contributed by atoms with Gasteiger partial charge in [-0.1, -0.05) is 6.07 Å². The summed E-state index contributed by atoms with van der Waals surface area (Å²) < 4.78 is 11.1. The van der Waals surface area contributed by atoms with Crippen molar-refractivity contribution in [2.45, 2.75) is 19.4 Å². The first-order valence-corrected chi connectivity index (χ1v) is 9.31. The molecule has 1 fully saturated rings. The van der Waals surface area contributed by atoms with Gasteiger partial charge in [0.05, 0.1) is 12.3 Å². The Kier molecular flexibility index (Phi) is 11.0. The standard InChI is InChI=1S/C21H27N3O3.2ClH/c1-26-16-21(9-12-22-13-10-21)15-24-20(25)17-5-7-19(8-6-17)27-14-18-4-2-3-11-23-18;;/h2-8,11,22H,9-10,12-16H2,1H3,(H,24,25);2*1H. The van der Waals surface area contributed by atoms with Crippen molar-refractivity contribution >= 4 is 30.7 Å². The molecule has 1 aliphatic heterocycles. The number of ether oxygens (including phenoxy) is 2. The van der Waals surface area contributed by atoms with Gasteiger partial charge >= 0.3 is 0 Å². The molecule has 3 rings (SSSR count). The van der Waals surface area contributed by atoms with Crippen LogP contribution >= 0.6 is 24.8 Å². The maximum Gasteiger partial charge on any atom is 0.251 e. The van der Waals surface area contributed by atoms with E-state index in [1.807, 2.05) is 30.3 Å². The Balaban J connectivity index is 0.00000210. The van der Waals surface area contributed by atoms with E-state index in [1.165, 1.54) is 0 Å². The summed E-state index contributed by atoms with van der Waals surface area (Å²) >= 11 is 0. The number of benzene rings is 1. The number of carbonyl (C=O) groups excluding carboxylic acids is 1. The minimum Gasteiger partial charge on any atom is -0.487 e. The van der Waals surface area contributed by atoms with Gasteiger partial charge in [0.25, 0.3) is 5.91 Å². The summed E-state index contributed by atoms with van der Waals surface area (Å²) in [7, 11) is 1.72. The lowest BCUT2D eigenvalue weighted by atomic mass is 9.79. The van der Waals surface area contributed by atoms with Gasteiger partial charge < -0.3 is 20.1 Å². The van der Waals surface area contributed by atoms with Crippen LogP contribution in [0.1, 0.15) is 28.9 Å². The second-order valence-corrected chi connectivity index (χ2v) is 7.00. The van der Waals surface area contributed by atoms with E-state index in [0.717, 1.165) is 31.6 Å². The summed E-state index contributed by atoms with van der Waals surface area (Å²) in [5.74, 6) is 0.645. The fourth-order valence-electron chi connectivity index (χ4n) is 3.35. The lowest BCUT2D eigenvalue weighted by Crippen LogP contribution is -2.47. The van der Waals surface area contributed by atoms with Gasteiger partial charge in [-0.3, -0.25) is 9.78 Å². The predicted molar refractivity (Wildman–Crippen MR) is 118 cm³/mol. The molecule has 8 heteroatoms. The second kappa shape index (κ2) is 12.6. The summed E-state index contributed by atoms with van der Waals surface area (Å²) in [4.78, 5) is 16.7. The summed E-state index contributed by atoms with van der Waals surface area (Å²) in [6, 6.07) is 12.9. The average molecular weight is 442 g/mol. The molecule has 0 bridgehead atoms. The van der Waals surface area contributed by atoms with Crippen molar-refractivity contribution in [2.75, 3.05) is 33.4 Å². The molecule has 0 saturated carbocycles. The first kappa shape index (κ1) is 25.2. The molecule has 0 aliphatic carbocycles. The Morgan fingerprint density at radius 3 is 2.48 bits per heavy atom. The summed E-state index contributed by atoms with van der Waals surface area (Å²) in [5.41, 5.74) is 1.51. The molecule has 1 saturated heterocycles. The molecule has 0 spiro atoms. The SMILES string of the molecule is COCC1(CNC(=O)c2ccc(OCc3ccccn3)cc2)CCNCC1.Cl.Cl. The van der Waals surface area contributed by atoms with E-state index in [2.05, 4.69) is 15.6 Å². The Bertz CT molecular complexity index is 718. The highest BCUT2D eigenvalue weighted by Gasteiger charge is 2.32. The highest BCUT2D eigenvalue weighted by Crippen LogP contribution is 2.28. The number of aromatic nitrogens is 1. The molecule has 1 aromatic heterocycles. The molecule has 0 atom stereocenters. The second-order valence-electron chi connectivity index (χ2n) is 7.00. The van der Waals surface area contributed by atoms with E-state index >= 15 is 0 Å². The molecule has 0 radical (unpaired) electrons. The van der Waals surface area contributed by atoms with E-state index in [4.69, 9.17) is 9.47 Å². The summed E-state index contributed by atoms with van der Waals surface area (Å²) in [6.45, 7) is 3.61. The van der Waals surface area contributed by atoms with E-state index in [9.17, 15) is 4.79 Å². The van der Waals surface area contributed by atoms with Crippen LogP contribution in [-0.4, -0.2) is 44.2 Å². The minimum absolute atomic E-state index is 0. The number of hydrogen-bond donors (Lipinski definition) is 2. The third-order valence-corrected chi connectivity index (χ3v) is 4.97. The van der Waals surface area contributed by atoms with Crippen LogP contribution in [0.4, 0.5) is 0 Å². The van der Waals surface area contributed by atoms with Gasteiger partial charge in [0.15, 0.2) is 0 Å². The Labute approximate surface area is 184 Å². The number of halogens is 2. The number of rotatable bonds is 8. The first-order chi connectivity index (χ1) is 13.2. The van der Waals surface area contributed by atoms with Gasteiger partial charge in [-0.05, 0) is 62.3 Å². The van der Waals surface area contributed by atoms with Crippen molar-refractivity contribution in [3.63, 3.8) is 0 Å². The van der Waals surface area contributed by atoms with Crippen molar-refractivity contribution in [3.8, 4) is 5.75 Å². The molecule has 1 aromatic carbocycles. The third-order valence-electron chi connectivity index (χ3n) is 4.97. The molecule has 1 amide bonds. The zero-order valence-corrected chi connectivity index (χ0v) is 18.2. The van der Waals surface area contributed by atoms with Gasteiger partial charge in [-0.15, -0.1) is 24.8 Å². The first-order valence-electron chi connectivity index (χ1n) is 9.31. The van der Waals surface area contributed by atoms with Gasteiger partial charge in [-0.25, -0.2) is 0 Å². The molecule has 0 unspecified atom stereocenters. The van der Waals surface area contributed by atoms with Crippen molar-refractivity contribution < 1.29 is 14.3 Å². The number of carbonyl (C=O) groups is 1. The number of amides is 1. The molecule has 160 valence electrons. The smallest absolute Gasteiger partial charge is 0.251 e. The Morgan fingerprint density at radius 1 is 1.14 bits per heavy atom. The van der Waals surface area contributed by atoms with Crippen LogP contribution in [0.5, 0.6) is 5.75 Å². The molecule has 2 heterocycles. The Morgan fingerprint density at radius 2 is 1.86 bits per heavy atom. The van der Waals surface area contributed by atoms with E-state index < -0.39 is 0 Å². The van der Waals surface area contributed by atoms with Crippen LogP contribution in [0.25, 0.3) is 0 Å². The van der Waals surface area contributed by atoms with Gasteiger partial charge in [0.2, 0.25) is 0 Å². The normalized spacial score (nSPS) is 14.8. The highest BCUT2D eigenvalue weighted by molar-refractivity contribution is 5.94. The third kappa shape index (κ3) is 7.48. The van der Waals surface area contributed by atoms with E-state index in [0.29, 0.717) is 31.1 Å². The molecule has 2 aromatic rings. The van der Waals surface area contributed by atoms with Crippen molar-refractivity contribution in [2.24, 2.45) is 5.41 Å². The van der Waals surface area contributed by atoms with Crippen LogP contribution in [0.3, 0.4) is 0 Å². The number of nitrogens with one attached hydrogen (secondary N) is 2. The monoisotopic (exact) mass is 441 g/mol. The van der Waals surface area contributed by atoms with Crippen LogP contribution < -0.4 is 15.4 Å². The van der Waals surface area contributed by atoms with Crippen LogP contribution in [-0.2, 0) is 11.3 Å². The topological polar surface area (TPSA) is 72.5 Å². The molecule has 1 aliphatic rings. The van der Waals surface area contributed by atoms with Crippen molar-refractivity contribution in [3.05, 3.63) is 59.9 Å². The number of hydrogen-bond acceptors (Lipinski definition) is 5. The lowest BCUT2D eigenvalue weighted by molar-refractivity contribution is 0.0512. The van der Waals surface area contributed by atoms with Crippen molar-refractivity contribution in [1.29, 1.82) is 0 Å². The molecule has 6 nitrogen and oxygen atoms in total. The minimum atomic E-state index is -0.0692. The fraction of sp³-hybridized carbons (Fsp3) is 0.429. The predicted octanol–water partition coefficient (Wildman–Crippen LogP) is 3.25. The maximum absolute atomic E-state index is 12.5. The molecule has 29 heavy (non-hydrogen) atoms. The van der Waals surface area contributed by atoms with Crippen LogP contribution in [0.2, 0.25) is 0 Å². The summed E-state index contributed by atoms with van der Waals surface area (Å²) in [5, 5.41) is 6.43. The quantitative estimate of drug-likeness (QED) is 0.657. The number of pyridine rings is 1. The fourth-order valence-corrected chi connectivity index (χ4v) is 3.35. The van der Waals surface area contributed by atoms with Gasteiger partial charge in [0, 0.05) is 30.8 Å². The Hall–Kier alpha value is -1.86. The van der Waals surface area contributed by atoms with Gasteiger partial charge in [0.1, 0.15) is 12.4 Å². The zero-order chi connectivity index (χ0) is 19.0. The van der Waals surface area contributed by atoms with Crippen LogP contribution in [0, 0.1) is 5.41 Å². The van der Waals surface area contributed by atoms with Crippen LogP contribution in [0.15, 0.2) is 48.7 Å². The zero-order valence-electron chi connectivity index (χ0n) is 16.6. The molecular formula is C21H29Cl2N3O3. The number of nitrogens with zero attached hydrogens (tertiary/aromatic N) is 1. The van der Waals surface area contributed by atoms with E-state index in [1.54, 1.807) is 25.4 Å². The number of piperidine rings is 1. The average Bonchev–Trinajstić information content (AvgIpc) is 2.73. The lowest BCUT2D eigenvalue weighted by Gasteiger charge is -2.37. The largest absolute Gasteiger partial charge is 0.487 e. The molecular weight excluding hydrogens is 413 g/mol. The van der Waals surface area contributed by atoms with Gasteiger partial charge in [-0.2, -0.15) is 0 Å². The summed E-state index contributed by atoms with van der Waals surface area (Å²) in [6.07, 6.45) is 3.74.